The lowest BCUT2D eigenvalue weighted by molar-refractivity contribution is -0.118. The first-order valence-corrected chi connectivity index (χ1v) is 7.79. The van der Waals surface area contributed by atoms with Crippen molar-refractivity contribution in [3.63, 3.8) is 0 Å². The molecule has 2 aromatic carbocycles. The number of nitrogens with zero attached hydrogens (tertiary/aromatic N) is 3. The molecule has 4 aromatic rings. The minimum atomic E-state index is -0.371. The van der Waals surface area contributed by atoms with E-state index in [0.717, 1.165) is 21.9 Å². The standard InChI is InChI=1S/C19H16N4O/c1-13(23-12-21-17-8-4-5-9-18(17)23)19(24)22-15-10-14-6-2-3-7-16(14)20-11-15/h2-13H,1H3,(H,22,24). The van der Waals surface area contributed by atoms with Crippen LogP contribution < -0.4 is 5.32 Å². The lowest BCUT2D eigenvalue weighted by Crippen LogP contribution is -2.23. The number of nitrogens with one attached hydrogen (secondary N) is 1. The zero-order chi connectivity index (χ0) is 16.5. The largest absolute Gasteiger partial charge is 0.323 e. The molecule has 1 unspecified atom stereocenters. The molecule has 5 heteroatoms. The smallest absolute Gasteiger partial charge is 0.247 e. The Morgan fingerprint density at radius 3 is 2.67 bits per heavy atom. The van der Waals surface area contributed by atoms with E-state index in [9.17, 15) is 4.79 Å². The number of benzene rings is 2. The molecule has 0 radical (unpaired) electrons. The molecule has 5 nitrogen and oxygen atoms in total. The minimum absolute atomic E-state index is 0.102. The van der Waals surface area contributed by atoms with E-state index in [1.54, 1.807) is 12.5 Å². The average molecular weight is 316 g/mol. The van der Waals surface area contributed by atoms with Crippen molar-refractivity contribution in [2.45, 2.75) is 13.0 Å². The Balaban J connectivity index is 1.60. The average Bonchev–Trinajstić information content (AvgIpc) is 3.05. The third-order valence-corrected chi connectivity index (χ3v) is 4.14. The highest BCUT2D eigenvalue weighted by Gasteiger charge is 2.17. The molecule has 1 amide bonds. The maximum absolute atomic E-state index is 12.6. The maximum atomic E-state index is 12.6. The number of para-hydroxylation sites is 3. The van der Waals surface area contributed by atoms with Crippen LogP contribution in [-0.2, 0) is 4.79 Å². The van der Waals surface area contributed by atoms with Crippen LogP contribution in [0.2, 0.25) is 0 Å². The van der Waals surface area contributed by atoms with E-state index in [1.807, 2.05) is 66.1 Å². The number of hydrogen-bond acceptors (Lipinski definition) is 3. The number of hydrogen-bond donors (Lipinski definition) is 1. The van der Waals surface area contributed by atoms with E-state index >= 15 is 0 Å². The second-order valence-corrected chi connectivity index (χ2v) is 5.72. The van der Waals surface area contributed by atoms with Crippen molar-refractivity contribution in [2.24, 2.45) is 0 Å². The van der Waals surface area contributed by atoms with Crippen LogP contribution in [0.1, 0.15) is 13.0 Å². The summed E-state index contributed by atoms with van der Waals surface area (Å²) in [5.74, 6) is -0.102. The first-order valence-electron chi connectivity index (χ1n) is 7.79. The van der Waals surface area contributed by atoms with Gasteiger partial charge in [0.1, 0.15) is 6.04 Å². The summed E-state index contributed by atoms with van der Waals surface area (Å²) in [6.07, 6.45) is 3.38. The normalized spacial score (nSPS) is 12.4. The van der Waals surface area contributed by atoms with Crippen LogP contribution in [0.3, 0.4) is 0 Å². The molecule has 1 N–H and O–H groups in total. The Kier molecular flexibility index (Phi) is 3.46. The molecule has 0 fully saturated rings. The van der Waals surface area contributed by atoms with Crippen LogP contribution in [0.4, 0.5) is 5.69 Å². The molecule has 4 rings (SSSR count). The Morgan fingerprint density at radius 1 is 1.04 bits per heavy atom. The van der Waals surface area contributed by atoms with Crippen LogP contribution in [0.5, 0.6) is 0 Å². The first-order chi connectivity index (χ1) is 11.7. The van der Waals surface area contributed by atoms with Gasteiger partial charge in [0.2, 0.25) is 5.91 Å². The van der Waals surface area contributed by atoms with Gasteiger partial charge in [-0.25, -0.2) is 4.98 Å². The summed E-state index contributed by atoms with van der Waals surface area (Å²) in [6.45, 7) is 1.86. The van der Waals surface area contributed by atoms with Gasteiger partial charge in [0, 0.05) is 5.39 Å². The zero-order valence-corrected chi connectivity index (χ0v) is 13.2. The highest BCUT2D eigenvalue weighted by Crippen LogP contribution is 2.20. The van der Waals surface area contributed by atoms with Gasteiger partial charge >= 0.3 is 0 Å². The number of rotatable bonds is 3. The number of pyridine rings is 1. The number of amides is 1. The Morgan fingerprint density at radius 2 is 1.79 bits per heavy atom. The second kappa shape index (κ2) is 5.77. The number of anilines is 1. The van der Waals surface area contributed by atoms with E-state index in [0.29, 0.717) is 5.69 Å². The maximum Gasteiger partial charge on any atom is 0.247 e. The van der Waals surface area contributed by atoms with Gasteiger partial charge in [0.15, 0.2) is 0 Å². The summed E-state index contributed by atoms with van der Waals surface area (Å²) in [6, 6.07) is 17.2. The lowest BCUT2D eigenvalue weighted by atomic mass is 10.2. The molecule has 0 aliphatic carbocycles. The molecular formula is C19H16N4O. The van der Waals surface area contributed by atoms with Gasteiger partial charge in [-0.3, -0.25) is 9.78 Å². The molecule has 0 saturated carbocycles. The van der Waals surface area contributed by atoms with Gasteiger partial charge in [-0.2, -0.15) is 0 Å². The fourth-order valence-electron chi connectivity index (χ4n) is 2.80. The van der Waals surface area contributed by atoms with Crippen molar-refractivity contribution in [1.82, 2.24) is 14.5 Å². The molecule has 0 spiro atoms. The second-order valence-electron chi connectivity index (χ2n) is 5.72. The summed E-state index contributed by atoms with van der Waals surface area (Å²) in [4.78, 5) is 21.3. The number of imidazole rings is 1. The molecule has 2 aromatic heterocycles. The topological polar surface area (TPSA) is 59.8 Å². The molecule has 1 atom stereocenters. The van der Waals surface area contributed by atoms with Crippen LogP contribution in [-0.4, -0.2) is 20.4 Å². The number of aromatic nitrogens is 3. The molecule has 0 aliphatic rings. The van der Waals surface area contributed by atoms with Crippen LogP contribution in [0.15, 0.2) is 67.1 Å². The highest BCUT2D eigenvalue weighted by atomic mass is 16.2. The lowest BCUT2D eigenvalue weighted by Gasteiger charge is -2.14. The SMILES string of the molecule is CC(C(=O)Nc1cnc2ccccc2c1)n1cnc2ccccc21. The van der Waals surface area contributed by atoms with Gasteiger partial charge in [0.05, 0.1) is 34.8 Å². The number of fused-ring (bicyclic) bond motifs is 2. The number of carbonyl (C=O) groups is 1. The third-order valence-electron chi connectivity index (χ3n) is 4.14. The minimum Gasteiger partial charge on any atom is -0.323 e. The Labute approximate surface area is 139 Å². The summed E-state index contributed by atoms with van der Waals surface area (Å²) < 4.78 is 1.87. The fraction of sp³-hybridized carbons (Fsp3) is 0.105. The predicted octanol–water partition coefficient (Wildman–Crippen LogP) is 3.78. The van der Waals surface area contributed by atoms with E-state index in [4.69, 9.17) is 0 Å². The summed E-state index contributed by atoms with van der Waals surface area (Å²) in [5.41, 5.74) is 3.42. The Hall–Kier alpha value is -3.21. The summed E-state index contributed by atoms with van der Waals surface area (Å²) in [7, 11) is 0. The molecule has 0 aliphatic heterocycles. The molecule has 0 bridgehead atoms. The van der Waals surface area contributed by atoms with Crippen molar-refractivity contribution in [3.8, 4) is 0 Å². The molecule has 118 valence electrons. The molecule has 24 heavy (non-hydrogen) atoms. The van der Waals surface area contributed by atoms with Gasteiger partial charge < -0.3 is 9.88 Å². The molecular weight excluding hydrogens is 300 g/mol. The van der Waals surface area contributed by atoms with Gasteiger partial charge in [-0.1, -0.05) is 30.3 Å². The first kappa shape index (κ1) is 14.4. The van der Waals surface area contributed by atoms with E-state index < -0.39 is 0 Å². The zero-order valence-electron chi connectivity index (χ0n) is 13.2. The van der Waals surface area contributed by atoms with Crippen LogP contribution in [0, 0.1) is 0 Å². The van der Waals surface area contributed by atoms with Crippen LogP contribution in [0.25, 0.3) is 21.9 Å². The van der Waals surface area contributed by atoms with Gasteiger partial charge in [0.25, 0.3) is 0 Å². The fourth-order valence-corrected chi connectivity index (χ4v) is 2.80. The molecule has 2 heterocycles. The third kappa shape index (κ3) is 2.50. The van der Waals surface area contributed by atoms with E-state index in [1.165, 1.54) is 0 Å². The van der Waals surface area contributed by atoms with Crippen molar-refractivity contribution in [2.75, 3.05) is 5.32 Å². The van der Waals surface area contributed by atoms with Gasteiger partial charge in [-0.05, 0) is 31.2 Å². The van der Waals surface area contributed by atoms with Crippen molar-refractivity contribution in [3.05, 3.63) is 67.1 Å². The van der Waals surface area contributed by atoms with E-state index in [-0.39, 0.29) is 11.9 Å². The molecule has 0 saturated heterocycles. The van der Waals surface area contributed by atoms with Crippen molar-refractivity contribution in [1.29, 1.82) is 0 Å². The van der Waals surface area contributed by atoms with Gasteiger partial charge in [-0.15, -0.1) is 0 Å². The van der Waals surface area contributed by atoms with Crippen molar-refractivity contribution >= 4 is 33.5 Å². The predicted molar refractivity (Wildman–Crippen MR) is 94.8 cm³/mol. The number of carbonyl (C=O) groups excluding carboxylic acids is 1. The quantitative estimate of drug-likeness (QED) is 0.625. The van der Waals surface area contributed by atoms with Crippen LogP contribution >= 0.6 is 0 Å². The van der Waals surface area contributed by atoms with Crippen molar-refractivity contribution < 1.29 is 4.79 Å². The monoisotopic (exact) mass is 316 g/mol. The van der Waals surface area contributed by atoms with E-state index in [2.05, 4.69) is 15.3 Å². The Bertz CT molecular complexity index is 1040. The highest BCUT2D eigenvalue weighted by molar-refractivity contribution is 5.96. The summed E-state index contributed by atoms with van der Waals surface area (Å²) in [5, 5.41) is 3.93. The summed E-state index contributed by atoms with van der Waals surface area (Å²) >= 11 is 0.